The van der Waals surface area contributed by atoms with Crippen LogP contribution in [0.15, 0.2) is 12.2 Å². The van der Waals surface area contributed by atoms with Crippen molar-refractivity contribution in [1.29, 1.82) is 0 Å². The van der Waals surface area contributed by atoms with Crippen LogP contribution in [-0.4, -0.2) is 25.3 Å². The Morgan fingerprint density at radius 3 is 2.92 bits per heavy atom. The molecule has 0 spiro atoms. The third-order valence-corrected chi connectivity index (χ3v) is 2.70. The van der Waals surface area contributed by atoms with Gasteiger partial charge in [-0.2, -0.15) is 0 Å². The number of ether oxygens (including phenoxy) is 1. The fourth-order valence-corrected chi connectivity index (χ4v) is 1.54. The molecule has 0 amide bonds. The van der Waals surface area contributed by atoms with E-state index in [-0.39, 0.29) is 5.54 Å². The van der Waals surface area contributed by atoms with E-state index < -0.39 is 0 Å². The van der Waals surface area contributed by atoms with Crippen molar-refractivity contribution in [1.82, 2.24) is 5.32 Å². The molecule has 1 fully saturated rings. The highest BCUT2D eigenvalue weighted by molar-refractivity contribution is 4.98. The predicted octanol–water partition coefficient (Wildman–Crippen LogP) is 2.11. The Morgan fingerprint density at radius 1 is 1.62 bits per heavy atom. The van der Waals surface area contributed by atoms with Gasteiger partial charge in [0, 0.05) is 18.7 Å². The maximum absolute atomic E-state index is 5.46. The number of nitrogens with one attached hydrogen (secondary N) is 1. The smallest absolute Gasteiger partial charge is 0.0645 e. The predicted molar refractivity (Wildman–Crippen MR) is 55.9 cm³/mol. The summed E-state index contributed by atoms with van der Waals surface area (Å²) in [5, 5.41) is 3.52. The zero-order chi connectivity index (χ0) is 9.73. The lowest BCUT2D eigenvalue weighted by Crippen LogP contribution is -2.49. The van der Waals surface area contributed by atoms with Gasteiger partial charge in [0.1, 0.15) is 0 Å². The van der Waals surface area contributed by atoms with Crippen LogP contribution in [0.5, 0.6) is 0 Å². The molecule has 76 valence electrons. The van der Waals surface area contributed by atoms with E-state index in [1.807, 2.05) is 0 Å². The quantitative estimate of drug-likeness (QED) is 0.674. The molecule has 0 aromatic heterocycles. The van der Waals surface area contributed by atoms with Gasteiger partial charge in [0.15, 0.2) is 0 Å². The zero-order valence-electron chi connectivity index (χ0n) is 8.86. The van der Waals surface area contributed by atoms with Gasteiger partial charge in [-0.25, -0.2) is 0 Å². The highest BCUT2D eigenvalue weighted by Crippen LogP contribution is 2.18. The van der Waals surface area contributed by atoms with Crippen LogP contribution in [0.3, 0.4) is 0 Å². The van der Waals surface area contributed by atoms with Gasteiger partial charge >= 0.3 is 0 Å². The van der Waals surface area contributed by atoms with Crippen LogP contribution in [0.1, 0.15) is 33.1 Å². The highest BCUT2D eigenvalue weighted by Gasteiger charge is 2.26. The SMILES string of the molecule is C=C(CC)CNC1(C)CCCOC1. The van der Waals surface area contributed by atoms with Crippen LogP contribution in [0.2, 0.25) is 0 Å². The summed E-state index contributed by atoms with van der Waals surface area (Å²) in [5.74, 6) is 0. The first kappa shape index (κ1) is 10.7. The summed E-state index contributed by atoms with van der Waals surface area (Å²) in [5.41, 5.74) is 1.45. The van der Waals surface area contributed by atoms with Crippen LogP contribution in [0.25, 0.3) is 0 Å². The Balaban J connectivity index is 2.28. The van der Waals surface area contributed by atoms with Gasteiger partial charge in [0.2, 0.25) is 0 Å². The molecular formula is C11H21NO. The molecule has 1 unspecified atom stereocenters. The molecule has 2 heteroatoms. The molecular weight excluding hydrogens is 162 g/mol. The summed E-state index contributed by atoms with van der Waals surface area (Å²) in [4.78, 5) is 0. The van der Waals surface area contributed by atoms with E-state index in [1.165, 1.54) is 18.4 Å². The molecule has 0 aliphatic carbocycles. The molecule has 1 atom stereocenters. The van der Waals surface area contributed by atoms with E-state index in [0.717, 1.165) is 26.2 Å². The molecule has 13 heavy (non-hydrogen) atoms. The summed E-state index contributed by atoms with van der Waals surface area (Å²) in [6, 6.07) is 0. The van der Waals surface area contributed by atoms with Gasteiger partial charge in [-0.15, -0.1) is 0 Å². The second kappa shape index (κ2) is 4.77. The summed E-state index contributed by atoms with van der Waals surface area (Å²) in [6.07, 6.45) is 3.44. The van der Waals surface area contributed by atoms with Crippen LogP contribution in [0, 0.1) is 0 Å². The van der Waals surface area contributed by atoms with Gasteiger partial charge in [-0.1, -0.05) is 19.1 Å². The van der Waals surface area contributed by atoms with Gasteiger partial charge in [0.25, 0.3) is 0 Å². The molecule has 0 bridgehead atoms. The van der Waals surface area contributed by atoms with Gasteiger partial charge in [-0.05, 0) is 26.2 Å². The minimum Gasteiger partial charge on any atom is -0.380 e. The molecule has 1 saturated heterocycles. The Morgan fingerprint density at radius 2 is 2.38 bits per heavy atom. The summed E-state index contributed by atoms with van der Waals surface area (Å²) in [7, 11) is 0. The third kappa shape index (κ3) is 3.49. The number of hydrogen-bond acceptors (Lipinski definition) is 2. The standard InChI is InChI=1S/C11H21NO/c1-4-10(2)8-12-11(3)6-5-7-13-9-11/h12H,2,4-9H2,1,3H3. The van der Waals surface area contributed by atoms with E-state index in [9.17, 15) is 0 Å². The average Bonchev–Trinajstić information content (AvgIpc) is 2.15. The van der Waals surface area contributed by atoms with Crippen molar-refractivity contribution in [3.05, 3.63) is 12.2 Å². The van der Waals surface area contributed by atoms with Crippen LogP contribution < -0.4 is 5.32 Å². The Hall–Kier alpha value is -0.340. The lowest BCUT2D eigenvalue weighted by atomic mass is 9.94. The van der Waals surface area contributed by atoms with E-state index in [0.29, 0.717) is 0 Å². The first-order chi connectivity index (χ1) is 6.16. The largest absolute Gasteiger partial charge is 0.380 e. The molecule has 0 aromatic carbocycles. The van der Waals surface area contributed by atoms with E-state index in [2.05, 4.69) is 25.7 Å². The first-order valence-electron chi connectivity index (χ1n) is 5.16. The van der Waals surface area contributed by atoms with E-state index >= 15 is 0 Å². The van der Waals surface area contributed by atoms with Crippen LogP contribution in [0.4, 0.5) is 0 Å². The Kier molecular flexibility index (Phi) is 3.94. The van der Waals surface area contributed by atoms with Crippen molar-refractivity contribution >= 4 is 0 Å². The lowest BCUT2D eigenvalue weighted by molar-refractivity contribution is 0.0299. The maximum atomic E-state index is 5.46. The van der Waals surface area contributed by atoms with Gasteiger partial charge in [-0.3, -0.25) is 0 Å². The molecule has 1 rings (SSSR count). The first-order valence-corrected chi connectivity index (χ1v) is 5.16. The highest BCUT2D eigenvalue weighted by atomic mass is 16.5. The van der Waals surface area contributed by atoms with Crippen molar-refractivity contribution in [2.45, 2.75) is 38.6 Å². The van der Waals surface area contributed by atoms with Crippen LogP contribution in [-0.2, 0) is 4.74 Å². The minimum absolute atomic E-state index is 0.177. The van der Waals surface area contributed by atoms with Gasteiger partial charge in [0.05, 0.1) is 6.61 Å². The fraction of sp³-hybridized carbons (Fsp3) is 0.818. The molecule has 1 heterocycles. The molecule has 2 nitrogen and oxygen atoms in total. The molecule has 1 N–H and O–H groups in total. The molecule has 0 radical (unpaired) electrons. The van der Waals surface area contributed by atoms with Gasteiger partial charge < -0.3 is 10.1 Å². The molecule has 1 aliphatic rings. The normalized spacial score (nSPS) is 28.8. The monoisotopic (exact) mass is 183 g/mol. The summed E-state index contributed by atoms with van der Waals surface area (Å²) in [6.45, 7) is 11.0. The van der Waals surface area contributed by atoms with E-state index in [4.69, 9.17) is 4.74 Å². The average molecular weight is 183 g/mol. The molecule has 0 saturated carbocycles. The lowest BCUT2D eigenvalue weighted by Gasteiger charge is -2.34. The molecule has 0 aromatic rings. The van der Waals surface area contributed by atoms with E-state index in [1.54, 1.807) is 0 Å². The van der Waals surface area contributed by atoms with Crippen molar-refractivity contribution in [2.24, 2.45) is 0 Å². The second-order valence-electron chi connectivity index (χ2n) is 4.17. The summed E-state index contributed by atoms with van der Waals surface area (Å²) < 4.78 is 5.46. The van der Waals surface area contributed by atoms with Crippen molar-refractivity contribution in [3.63, 3.8) is 0 Å². The Labute approximate surface area is 81.4 Å². The number of rotatable bonds is 4. The molecule has 1 aliphatic heterocycles. The number of hydrogen-bond donors (Lipinski definition) is 1. The second-order valence-corrected chi connectivity index (χ2v) is 4.17. The zero-order valence-corrected chi connectivity index (χ0v) is 8.86. The fourth-order valence-electron chi connectivity index (χ4n) is 1.54. The van der Waals surface area contributed by atoms with Crippen LogP contribution >= 0.6 is 0 Å². The van der Waals surface area contributed by atoms with Crippen molar-refractivity contribution in [3.8, 4) is 0 Å². The summed E-state index contributed by atoms with van der Waals surface area (Å²) >= 11 is 0. The maximum Gasteiger partial charge on any atom is 0.0645 e. The third-order valence-electron chi connectivity index (χ3n) is 2.70. The van der Waals surface area contributed by atoms with Crippen molar-refractivity contribution < 1.29 is 4.74 Å². The van der Waals surface area contributed by atoms with Crippen molar-refractivity contribution in [2.75, 3.05) is 19.8 Å². The Bertz CT molecular complexity index is 171. The minimum atomic E-state index is 0.177. The topological polar surface area (TPSA) is 21.3 Å².